The molecule has 0 fully saturated rings. The Hall–Kier alpha value is -1.34. The Morgan fingerprint density at radius 3 is 2.67 bits per heavy atom. The number of hydrogen-bond acceptors (Lipinski definition) is 4. The van der Waals surface area contributed by atoms with Crippen LogP contribution in [-0.4, -0.2) is 26.7 Å². The van der Waals surface area contributed by atoms with Gasteiger partial charge in [0.1, 0.15) is 11.6 Å². The van der Waals surface area contributed by atoms with Gasteiger partial charge in [-0.2, -0.15) is 5.10 Å². The van der Waals surface area contributed by atoms with Crippen LogP contribution in [-0.2, 0) is 13.2 Å². The lowest BCUT2D eigenvalue weighted by molar-refractivity contribution is 0.227. The molecule has 126 valence electrons. The maximum atomic E-state index is 6.12. The van der Waals surface area contributed by atoms with Gasteiger partial charge in [-0.1, -0.05) is 23.2 Å². The quantitative estimate of drug-likeness (QED) is 0.572. The van der Waals surface area contributed by atoms with E-state index >= 15 is 0 Å². The molecule has 3 rings (SSSR count). The number of furan rings is 1. The summed E-state index contributed by atoms with van der Waals surface area (Å²) in [4.78, 5) is 6.59. The van der Waals surface area contributed by atoms with Gasteiger partial charge in [0.25, 0.3) is 0 Å². The van der Waals surface area contributed by atoms with Gasteiger partial charge in [0, 0.05) is 5.56 Å². The number of hydrogen-bond donors (Lipinski definition) is 0. The molecule has 0 saturated heterocycles. The maximum absolute atomic E-state index is 6.12. The van der Waals surface area contributed by atoms with Crippen molar-refractivity contribution in [2.75, 3.05) is 7.05 Å². The Labute approximate surface area is 158 Å². The van der Waals surface area contributed by atoms with E-state index in [1.54, 1.807) is 12.1 Å². The molecule has 0 amide bonds. The molecule has 0 saturated carbocycles. The predicted molar refractivity (Wildman–Crippen MR) is 98.1 cm³/mol. The normalized spacial score (nSPS) is 11.4. The fourth-order valence-electron chi connectivity index (χ4n) is 2.38. The van der Waals surface area contributed by atoms with Gasteiger partial charge in [-0.05, 0) is 60.2 Å². The summed E-state index contributed by atoms with van der Waals surface area (Å²) >= 11 is 15.4. The van der Waals surface area contributed by atoms with Crippen molar-refractivity contribution in [3.05, 3.63) is 56.6 Å². The number of benzene rings is 1. The lowest BCUT2D eigenvalue weighted by atomic mass is 10.2. The molecule has 0 radical (unpaired) electrons. The average Bonchev–Trinajstić information content (AvgIpc) is 3.08. The number of rotatable bonds is 5. The molecule has 0 bridgehead atoms. The summed E-state index contributed by atoms with van der Waals surface area (Å²) < 4.78 is 8.10. The minimum Gasteiger partial charge on any atom is -0.453 e. The van der Waals surface area contributed by atoms with Crippen LogP contribution in [0.4, 0.5) is 0 Å². The largest absolute Gasteiger partial charge is 0.453 e. The molecule has 0 N–H and O–H groups in total. The van der Waals surface area contributed by atoms with Gasteiger partial charge in [-0.3, -0.25) is 4.90 Å². The van der Waals surface area contributed by atoms with Gasteiger partial charge in [0.15, 0.2) is 10.5 Å². The molecule has 0 aliphatic carbocycles. The monoisotopic (exact) mass is 428 g/mol. The third-order valence-corrected chi connectivity index (χ3v) is 4.55. The molecule has 0 aliphatic rings. The Kier molecular flexibility index (Phi) is 5.30. The molecule has 24 heavy (non-hydrogen) atoms. The number of aryl methyl sites for hydroxylation is 1. The van der Waals surface area contributed by atoms with Crippen molar-refractivity contribution in [3.63, 3.8) is 0 Å². The highest BCUT2D eigenvalue weighted by atomic mass is 79.9. The summed E-state index contributed by atoms with van der Waals surface area (Å²) in [6, 6.07) is 9.26. The maximum Gasteiger partial charge on any atom is 0.169 e. The molecule has 3 aromatic rings. The summed E-state index contributed by atoms with van der Waals surface area (Å²) in [7, 11) is 1.99. The van der Waals surface area contributed by atoms with E-state index in [9.17, 15) is 0 Å². The SMILES string of the molecule is Cc1nc(-c2ccc(Cl)c(Cl)c2)n(CN(C)Cc2ccc(Br)o2)n1. The second-order valence-corrected chi connectivity index (χ2v) is 7.07. The zero-order valence-corrected chi connectivity index (χ0v) is 16.2. The van der Waals surface area contributed by atoms with E-state index in [-0.39, 0.29) is 0 Å². The molecule has 0 spiro atoms. The second kappa shape index (κ2) is 7.27. The molecule has 2 heterocycles. The highest BCUT2D eigenvalue weighted by Gasteiger charge is 2.14. The highest BCUT2D eigenvalue weighted by molar-refractivity contribution is 9.10. The molecule has 0 unspecified atom stereocenters. The van der Waals surface area contributed by atoms with Gasteiger partial charge < -0.3 is 4.42 Å². The van der Waals surface area contributed by atoms with Gasteiger partial charge in [0.05, 0.1) is 23.3 Å². The van der Waals surface area contributed by atoms with Crippen LogP contribution in [0.1, 0.15) is 11.6 Å². The smallest absolute Gasteiger partial charge is 0.169 e. The Morgan fingerprint density at radius 1 is 1.21 bits per heavy atom. The molecule has 5 nitrogen and oxygen atoms in total. The summed E-state index contributed by atoms with van der Waals surface area (Å²) in [6.07, 6.45) is 0. The van der Waals surface area contributed by atoms with Crippen LogP contribution < -0.4 is 0 Å². The lowest BCUT2D eigenvalue weighted by Gasteiger charge is -2.16. The van der Waals surface area contributed by atoms with E-state index in [1.165, 1.54) is 0 Å². The molecule has 1 aromatic carbocycles. The van der Waals surface area contributed by atoms with E-state index in [0.29, 0.717) is 29.1 Å². The average molecular weight is 430 g/mol. The van der Waals surface area contributed by atoms with Crippen molar-refractivity contribution in [2.45, 2.75) is 20.1 Å². The van der Waals surface area contributed by atoms with Crippen LogP contribution in [0.5, 0.6) is 0 Å². The van der Waals surface area contributed by atoms with Crippen LogP contribution in [0, 0.1) is 6.92 Å². The van der Waals surface area contributed by atoms with Crippen molar-refractivity contribution in [3.8, 4) is 11.4 Å². The van der Waals surface area contributed by atoms with E-state index in [4.69, 9.17) is 27.6 Å². The minimum absolute atomic E-state index is 0.496. The van der Waals surface area contributed by atoms with Crippen molar-refractivity contribution in [1.82, 2.24) is 19.7 Å². The van der Waals surface area contributed by atoms with Crippen molar-refractivity contribution in [2.24, 2.45) is 0 Å². The van der Waals surface area contributed by atoms with E-state index in [1.807, 2.05) is 36.9 Å². The Bertz CT molecular complexity index is 862. The Balaban J connectivity index is 1.82. The van der Waals surface area contributed by atoms with Crippen LogP contribution in [0.2, 0.25) is 10.0 Å². The van der Waals surface area contributed by atoms with Gasteiger partial charge >= 0.3 is 0 Å². The van der Waals surface area contributed by atoms with Crippen molar-refractivity contribution in [1.29, 1.82) is 0 Å². The standard InChI is InChI=1S/C16H15BrCl2N4O/c1-10-20-16(11-3-5-13(18)14(19)7-11)23(21-10)9-22(2)8-12-4-6-15(17)24-12/h3-7H,8-9H2,1-2H3. The van der Waals surface area contributed by atoms with Gasteiger partial charge in [0.2, 0.25) is 0 Å². The molecule has 8 heteroatoms. The first-order valence-corrected chi connectivity index (χ1v) is 8.77. The van der Waals surface area contributed by atoms with E-state index in [2.05, 4.69) is 30.9 Å². The Morgan fingerprint density at radius 2 is 2.00 bits per heavy atom. The van der Waals surface area contributed by atoms with Crippen LogP contribution in [0.3, 0.4) is 0 Å². The summed E-state index contributed by atoms with van der Waals surface area (Å²) in [5.41, 5.74) is 0.874. The van der Waals surface area contributed by atoms with Gasteiger partial charge in [-0.25, -0.2) is 9.67 Å². The molecule has 0 atom stereocenters. The zero-order chi connectivity index (χ0) is 17.3. The van der Waals surface area contributed by atoms with Crippen LogP contribution >= 0.6 is 39.1 Å². The van der Waals surface area contributed by atoms with Crippen LogP contribution in [0.25, 0.3) is 11.4 Å². The van der Waals surface area contributed by atoms with Crippen molar-refractivity contribution < 1.29 is 4.42 Å². The molecular formula is C16H15BrCl2N4O. The lowest BCUT2D eigenvalue weighted by Crippen LogP contribution is -2.22. The van der Waals surface area contributed by atoms with Crippen LogP contribution in [0.15, 0.2) is 39.4 Å². The number of nitrogens with zero attached hydrogens (tertiary/aromatic N) is 4. The third-order valence-electron chi connectivity index (χ3n) is 3.39. The number of halogens is 3. The number of aromatic nitrogens is 3. The van der Waals surface area contributed by atoms with E-state index < -0.39 is 0 Å². The topological polar surface area (TPSA) is 47.1 Å². The summed E-state index contributed by atoms with van der Waals surface area (Å²) in [6.45, 7) is 3.08. The van der Waals surface area contributed by atoms with E-state index in [0.717, 1.165) is 21.8 Å². The first-order chi connectivity index (χ1) is 11.4. The summed E-state index contributed by atoms with van der Waals surface area (Å²) in [5, 5.41) is 5.49. The predicted octanol–water partition coefficient (Wildman–Crippen LogP) is 5.01. The zero-order valence-electron chi connectivity index (χ0n) is 13.1. The highest BCUT2D eigenvalue weighted by Crippen LogP contribution is 2.28. The van der Waals surface area contributed by atoms with Gasteiger partial charge in [-0.15, -0.1) is 0 Å². The molecule has 2 aromatic heterocycles. The minimum atomic E-state index is 0.496. The fraction of sp³-hybridized carbons (Fsp3) is 0.250. The summed E-state index contributed by atoms with van der Waals surface area (Å²) in [5.74, 6) is 2.32. The molecule has 0 aliphatic heterocycles. The second-order valence-electron chi connectivity index (χ2n) is 5.47. The fourth-order valence-corrected chi connectivity index (χ4v) is 3.02. The molecular weight excluding hydrogens is 415 g/mol. The third kappa shape index (κ3) is 4.00. The van der Waals surface area contributed by atoms with Crippen molar-refractivity contribution >= 4 is 39.1 Å². The first-order valence-electron chi connectivity index (χ1n) is 7.22. The first kappa shape index (κ1) is 17.5.